The lowest BCUT2D eigenvalue weighted by atomic mass is 10.2. The molecule has 5 nitrogen and oxygen atoms in total. The topological polar surface area (TPSA) is 67.2 Å². The van der Waals surface area contributed by atoms with Crippen LogP contribution in [0.15, 0.2) is 41.4 Å². The summed E-state index contributed by atoms with van der Waals surface area (Å²) in [6.45, 7) is 1.95. The van der Waals surface area contributed by atoms with Crippen LogP contribution in [0.3, 0.4) is 0 Å². The number of nitrogens with zero attached hydrogens (tertiary/aromatic N) is 2. The predicted molar refractivity (Wildman–Crippen MR) is 72.8 cm³/mol. The van der Waals surface area contributed by atoms with Gasteiger partial charge in [-0.15, -0.1) is 0 Å². The van der Waals surface area contributed by atoms with Gasteiger partial charge in [0.15, 0.2) is 5.65 Å². The molecule has 7 heteroatoms. The van der Waals surface area contributed by atoms with Gasteiger partial charge in [-0.3, -0.25) is 5.10 Å². The van der Waals surface area contributed by atoms with Crippen LogP contribution >= 0.6 is 10.7 Å². The number of nitrogens with one attached hydrogen (secondary N) is 1. The van der Waals surface area contributed by atoms with Crippen molar-refractivity contribution in [2.24, 2.45) is 0 Å². The minimum Gasteiger partial charge on any atom is -0.297 e. The van der Waals surface area contributed by atoms with Crippen LogP contribution in [0.25, 0.3) is 16.9 Å². The second-order valence-electron chi connectivity index (χ2n) is 4.26. The van der Waals surface area contributed by atoms with E-state index in [4.69, 9.17) is 10.7 Å². The van der Waals surface area contributed by atoms with Crippen LogP contribution in [0, 0.1) is 6.92 Å². The van der Waals surface area contributed by atoms with Crippen molar-refractivity contribution in [3.05, 3.63) is 42.2 Å². The maximum absolute atomic E-state index is 11.2. The number of imidazole rings is 1. The Labute approximate surface area is 114 Å². The fourth-order valence-electron chi connectivity index (χ4n) is 1.93. The Morgan fingerprint density at radius 3 is 2.53 bits per heavy atom. The molecule has 3 rings (SSSR count). The van der Waals surface area contributed by atoms with Gasteiger partial charge in [0.2, 0.25) is 0 Å². The van der Waals surface area contributed by atoms with Gasteiger partial charge in [-0.05, 0) is 19.1 Å². The third kappa shape index (κ3) is 2.24. The Morgan fingerprint density at radius 2 is 1.95 bits per heavy atom. The highest BCUT2D eigenvalue weighted by Crippen LogP contribution is 2.22. The standard InChI is InChI=1S/C12H10ClN3O2S/c1-8-6-12-14-11(7-16(12)15-8)9-2-4-10(5-3-9)19(13,17)18/h2-7,15H,1H3. The van der Waals surface area contributed by atoms with Crippen molar-refractivity contribution in [2.75, 3.05) is 0 Å². The van der Waals surface area contributed by atoms with Crippen molar-refractivity contribution < 1.29 is 8.42 Å². The van der Waals surface area contributed by atoms with Gasteiger partial charge in [-0.2, -0.15) is 0 Å². The summed E-state index contributed by atoms with van der Waals surface area (Å²) in [6.07, 6.45) is 1.85. The van der Waals surface area contributed by atoms with E-state index in [1.807, 2.05) is 23.7 Å². The average Bonchev–Trinajstić information content (AvgIpc) is 2.85. The zero-order valence-electron chi connectivity index (χ0n) is 9.96. The van der Waals surface area contributed by atoms with Gasteiger partial charge >= 0.3 is 0 Å². The van der Waals surface area contributed by atoms with Crippen LogP contribution in [0.4, 0.5) is 0 Å². The number of rotatable bonds is 2. The lowest BCUT2D eigenvalue weighted by Gasteiger charge is -1.98. The minimum absolute atomic E-state index is 0.0820. The molecule has 2 aromatic heterocycles. The molecule has 1 aromatic carbocycles. The van der Waals surface area contributed by atoms with Crippen molar-refractivity contribution >= 4 is 25.4 Å². The van der Waals surface area contributed by atoms with E-state index in [2.05, 4.69) is 10.1 Å². The van der Waals surface area contributed by atoms with Crippen molar-refractivity contribution in [1.29, 1.82) is 0 Å². The molecule has 0 amide bonds. The third-order valence-corrected chi connectivity index (χ3v) is 4.18. The Kier molecular flexibility index (Phi) is 2.65. The van der Waals surface area contributed by atoms with E-state index in [0.29, 0.717) is 0 Å². The lowest BCUT2D eigenvalue weighted by molar-refractivity contribution is 0.609. The van der Waals surface area contributed by atoms with Crippen molar-refractivity contribution in [1.82, 2.24) is 14.6 Å². The summed E-state index contributed by atoms with van der Waals surface area (Å²) < 4.78 is 24.1. The molecule has 0 unspecified atom stereocenters. The summed E-state index contributed by atoms with van der Waals surface area (Å²) in [6, 6.07) is 8.24. The van der Waals surface area contributed by atoms with E-state index < -0.39 is 9.05 Å². The number of aromatic nitrogens is 3. The number of benzene rings is 1. The van der Waals surface area contributed by atoms with Crippen molar-refractivity contribution in [2.45, 2.75) is 11.8 Å². The molecule has 0 atom stereocenters. The van der Waals surface area contributed by atoms with Gasteiger partial charge in [0.1, 0.15) is 0 Å². The molecular formula is C12H10ClN3O2S. The first-order valence-electron chi connectivity index (χ1n) is 5.53. The van der Waals surface area contributed by atoms with E-state index >= 15 is 0 Å². The molecule has 98 valence electrons. The van der Waals surface area contributed by atoms with Crippen LogP contribution < -0.4 is 0 Å². The molecular weight excluding hydrogens is 286 g/mol. The van der Waals surface area contributed by atoms with Crippen LogP contribution in [-0.2, 0) is 9.05 Å². The quantitative estimate of drug-likeness (QED) is 0.739. The molecule has 0 radical (unpaired) electrons. The first-order chi connectivity index (χ1) is 8.93. The van der Waals surface area contributed by atoms with Crippen molar-refractivity contribution in [3.63, 3.8) is 0 Å². The maximum Gasteiger partial charge on any atom is 0.261 e. The molecule has 2 heterocycles. The van der Waals surface area contributed by atoms with Gasteiger partial charge in [-0.1, -0.05) is 12.1 Å². The zero-order chi connectivity index (χ0) is 13.6. The second kappa shape index (κ2) is 4.11. The summed E-state index contributed by atoms with van der Waals surface area (Å²) in [5.41, 5.74) is 3.45. The SMILES string of the molecule is Cc1cc2nc(-c3ccc(S(=O)(=O)Cl)cc3)cn2[nH]1. The van der Waals surface area contributed by atoms with Crippen LogP contribution in [-0.4, -0.2) is 23.0 Å². The molecule has 0 aliphatic heterocycles. The molecule has 0 aliphatic carbocycles. The van der Waals surface area contributed by atoms with E-state index in [-0.39, 0.29) is 4.90 Å². The van der Waals surface area contributed by atoms with Crippen LogP contribution in [0.1, 0.15) is 5.69 Å². The Morgan fingerprint density at radius 1 is 1.26 bits per heavy atom. The highest BCUT2D eigenvalue weighted by atomic mass is 35.7. The zero-order valence-corrected chi connectivity index (χ0v) is 11.5. The first kappa shape index (κ1) is 12.3. The smallest absolute Gasteiger partial charge is 0.261 e. The second-order valence-corrected chi connectivity index (χ2v) is 6.82. The number of fused-ring (bicyclic) bond motifs is 1. The molecule has 1 N–H and O–H groups in total. The van der Waals surface area contributed by atoms with Crippen LogP contribution in [0.2, 0.25) is 0 Å². The first-order valence-corrected chi connectivity index (χ1v) is 7.84. The Bertz CT molecular complexity index is 815. The van der Waals surface area contributed by atoms with E-state index in [1.54, 1.807) is 12.1 Å². The van der Waals surface area contributed by atoms with Gasteiger partial charge in [0, 0.05) is 28.0 Å². The summed E-state index contributed by atoms with van der Waals surface area (Å²) in [5.74, 6) is 0. The highest BCUT2D eigenvalue weighted by molar-refractivity contribution is 8.13. The number of hydrogen-bond acceptors (Lipinski definition) is 3. The summed E-state index contributed by atoms with van der Waals surface area (Å²) >= 11 is 0. The third-order valence-electron chi connectivity index (χ3n) is 2.81. The summed E-state index contributed by atoms with van der Waals surface area (Å²) in [5, 5.41) is 3.12. The highest BCUT2D eigenvalue weighted by Gasteiger charge is 2.11. The van der Waals surface area contributed by atoms with Crippen molar-refractivity contribution in [3.8, 4) is 11.3 Å². The molecule has 0 bridgehead atoms. The number of aryl methyl sites for hydroxylation is 1. The van der Waals surface area contributed by atoms with Gasteiger partial charge in [0.05, 0.1) is 16.8 Å². The summed E-state index contributed by atoms with van der Waals surface area (Å²) in [7, 11) is 1.59. The maximum atomic E-state index is 11.2. The van der Waals surface area contributed by atoms with E-state index in [9.17, 15) is 8.42 Å². The van der Waals surface area contributed by atoms with Gasteiger partial charge in [0.25, 0.3) is 9.05 Å². The molecule has 0 aliphatic rings. The largest absolute Gasteiger partial charge is 0.297 e. The van der Waals surface area contributed by atoms with Gasteiger partial charge in [-0.25, -0.2) is 17.9 Å². The number of H-pyrrole nitrogens is 1. The Hall–Kier alpha value is -1.79. The fraction of sp³-hybridized carbons (Fsp3) is 0.0833. The monoisotopic (exact) mass is 295 g/mol. The minimum atomic E-state index is -3.68. The van der Waals surface area contributed by atoms with Crippen LogP contribution in [0.5, 0.6) is 0 Å². The number of aromatic amines is 1. The molecule has 0 saturated heterocycles. The average molecular weight is 296 g/mol. The summed E-state index contributed by atoms with van der Waals surface area (Å²) in [4.78, 5) is 4.53. The fourth-order valence-corrected chi connectivity index (χ4v) is 2.70. The predicted octanol–water partition coefficient (Wildman–Crippen LogP) is 2.57. The molecule has 19 heavy (non-hydrogen) atoms. The number of hydrogen-bond donors (Lipinski definition) is 1. The Balaban J connectivity index is 2.04. The van der Waals surface area contributed by atoms with E-state index in [1.165, 1.54) is 12.1 Å². The van der Waals surface area contributed by atoms with E-state index in [0.717, 1.165) is 22.6 Å². The number of halogens is 1. The normalized spacial score (nSPS) is 12.1. The molecule has 0 spiro atoms. The van der Waals surface area contributed by atoms with Gasteiger partial charge < -0.3 is 0 Å². The molecule has 3 aromatic rings. The molecule has 0 fully saturated rings. The molecule has 0 saturated carbocycles. The lowest BCUT2D eigenvalue weighted by Crippen LogP contribution is -1.89.